The number of aryl methyl sites for hydroxylation is 1. The lowest BCUT2D eigenvalue weighted by Gasteiger charge is -2.46. The molecule has 1 N–H and O–H groups in total. The lowest BCUT2D eigenvalue weighted by molar-refractivity contribution is 0.0495. The van der Waals surface area contributed by atoms with Gasteiger partial charge in [-0.2, -0.15) is 0 Å². The van der Waals surface area contributed by atoms with E-state index in [0.29, 0.717) is 12.1 Å². The number of nitrogens with zero attached hydrogens (tertiary/aromatic N) is 5. The summed E-state index contributed by atoms with van der Waals surface area (Å²) >= 11 is 0. The van der Waals surface area contributed by atoms with E-state index in [-0.39, 0.29) is 15.5 Å². The van der Waals surface area contributed by atoms with Crippen molar-refractivity contribution < 1.29 is 13.5 Å². The first-order valence-corrected chi connectivity index (χ1v) is 16.1. The van der Waals surface area contributed by atoms with E-state index in [2.05, 4.69) is 37.7 Å². The SMILES string of the molecule is Cc1ccc2ncc(S(=O)(=O)c3ccc(O)cc3)c(N3CCC(N4CCC(N5CCN(C)CC5)CC4)CC3)c2c1. The van der Waals surface area contributed by atoms with Crippen molar-refractivity contribution in [2.45, 2.75) is 54.5 Å². The summed E-state index contributed by atoms with van der Waals surface area (Å²) in [5.41, 5.74) is 2.64. The molecule has 0 radical (unpaired) electrons. The highest BCUT2D eigenvalue weighted by atomic mass is 32.2. The lowest BCUT2D eigenvalue weighted by atomic mass is 9.96. The fourth-order valence-corrected chi connectivity index (χ4v) is 8.24. The highest BCUT2D eigenvalue weighted by Gasteiger charge is 2.33. The van der Waals surface area contributed by atoms with Gasteiger partial charge in [-0.1, -0.05) is 11.6 Å². The third-order valence-electron chi connectivity index (χ3n) is 9.25. The van der Waals surface area contributed by atoms with Crippen molar-refractivity contribution in [1.82, 2.24) is 19.7 Å². The Hall–Kier alpha value is -2.72. The summed E-state index contributed by atoms with van der Waals surface area (Å²) in [7, 11) is -1.61. The van der Waals surface area contributed by atoms with E-state index in [1.54, 1.807) is 0 Å². The molecule has 0 amide bonds. The number of likely N-dealkylation sites (tertiary alicyclic amines) is 1. The quantitative estimate of drug-likeness (QED) is 0.503. The maximum absolute atomic E-state index is 13.9. The Morgan fingerprint density at radius 1 is 0.800 bits per heavy atom. The average Bonchev–Trinajstić information content (AvgIpc) is 2.97. The summed E-state index contributed by atoms with van der Waals surface area (Å²) in [5, 5.41) is 10.6. The second-order valence-corrected chi connectivity index (χ2v) is 13.7. The normalized spacial score (nSPS) is 21.3. The number of aromatic nitrogens is 1. The molecule has 3 aliphatic heterocycles. The van der Waals surface area contributed by atoms with Crippen LogP contribution in [0.5, 0.6) is 5.75 Å². The number of hydrogen-bond donors (Lipinski definition) is 1. The second kappa shape index (κ2) is 11.3. The van der Waals surface area contributed by atoms with Crippen molar-refractivity contribution in [2.75, 3.05) is 64.3 Å². The van der Waals surface area contributed by atoms with Crippen LogP contribution < -0.4 is 4.90 Å². The Bertz CT molecular complexity index is 1440. The zero-order valence-electron chi connectivity index (χ0n) is 23.7. The van der Waals surface area contributed by atoms with Crippen LogP contribution in [0.2, 0.25) is 0 Å². The number of pyridine rings is 1. The lowest BCUT2D eigenvalue weighted by Crippen LogP contribution is -2.54. The van der Waals surface area contributed by atoms with Crippen molar-refractivity contribution in [3.63, 3.8) is 0 Å². The molecule has 3 fully saturated rings. The fourth-order valence-electron chi connectivity index (χ4n) is 6.81. The zero-order chi connectivity index (χ0) is 27.9. The number of phenols is 1. The van der Waals surface area contributed by atoms with E-state index >= 15 is 0 Å². The molecule has 4 heterocycles. The minimum Gasteiger partial charge on any atom is -0.508 e. The van der Waals surface area contributed by atoms with E-state index in [4.69, 9.17) is 0 Å². The number of likely N-dealkylation sites (N-methyl/N-ethyl adjacent to an activating group) is 1. The third kappa shape index (κ3) is 5.44. The van der Waals surface area contributed by atoms with Crippen LogP contribution in [0.4, 0.5) is 5.69 Å². The Morgan fingerprint density at radius 3 is 2.05 bits per heavy atom. The molecule has 0 bridgehead atoms. The number of fused-ring (bicyclic) bond motifs is 1. The van der Waals surface area contributed by atoms with Gasteiger partial charge in [-0.15, -0.1) is 0 Å². The van der Waals surface area contributed by atoms with Crippen LogP contribution in [0.1, 0.15) is 31.2 Å². The number of benzene rings is 2. The van der Waals surface area contributed by atoms with E-state index in [9.17, 15) is 13.5 Å². The molecule has 3 aliphatic rings. The van der Waals surface area contributed by atoms with Crippen LogP contribution in [-0.2, 0) is 9.84 Å². The Morgan fingerprint density at radius 2 is 1.40 bits per heavy atom. The summed E-state index contributed by atoms with van der Waals surface area (Å²) in [6, 6.07) is 13.1. The van der Waals surface area contributed by atoms with Crippen molar-refractivity contribution >= 4 is 26.4 Å². The molecule has 1 aromatic heterocycles. The van der Waals surface area contributed by atoms with Gasteiger partial charge in [0.1, 0.15) is 10.6 Å². The molecule has 0 atom stereocenters. The fraction of sp³-hybridized carbons (Fsp3) is 0.516. The van der Waals surface area contributed by atoms with Crippen molar-refractivity contribution in [3.8, 4) is 5.75 Å². The van der Waals surface area contributed by atoms with Crippen molar-refractivity contribution in [1.29, 1.82) is 0 Å². The van der Waals surface area contributed by atoms with Crippen LogP contribution in [-0.4, -0.2) is 105 Å². The molecule has 2 aromatic carbocycles. The molecule has 0 saturated carbocycles. The predicted octanol–water partition coefficient (Wildman–Crippen LogP) is 3.76. The Kier molecular flexibility index (Phi) is 7.74. The number of anilines is 1. The van der Waals surface area contributed by atoms with Gasteiger partial charge in [0.05, 0.1) is 16.1 Å². The molecular weight excluding hydrogens is 522 g/mol. The number of phenolic OH excluding ortho intramolecular Hbond substituents is 1. The van der Waals surface area contributed by atoms with Gasteiger partial charge >= 0.3 is 0 Å². The molecule has 214 valence electrons. The number of piperidine rings is 2. The number of aromatic hydroxyl groups is 1. The maximum Gasteiger partial charge on any atom is 0.210 e. The molecule has 6 rings (SSSR count). The van der Waals surface area contributed by atoms with E-state index < -0.39 is 9.84 Å². The minimum absolute atomic E-state index is 0.0427. The highest BCUT2D eigenvalue weighted by Crippen LogP contribution is 2.38. The Labute approximate surface area is 238 Å². The second-order valence-electron chi connectivity index (χ2n) is 11.8. The first kappa shape index (κ1) is 27.4. The first-order chi connectivity index (χ1) is 19.3. The number of piperazine rings is 1. The molecule has 0 spiro atoms. The molecule has 40 heavy (non-hydrogen) atoms. The number of hydrogen-bond acceptors (Lipinski definition) is 8. The molecular formula is C31H41N5O3S. The predicted molar refractivity (Wildman–Crippen MR) is 159 cm³/mol. The summed E-state index contributed by atoms with van der Waals surface area (Å²) in [4.78, 5) is 15.0. The van der Waals surface area contributed by atoms with Crippen LogP contribution in [0, 0.1) is 6.92 Å². The van der Waals surface area contributed by atoms with Crippen LogP contribution in [0.15, 0.2) is 58.5 Å². The smallest absolute Gasteiger partial charge is 0.210 e. The van der Waals surface area contributed by atoms with Gasteiger partial charge in [0.15, 0.2) is 0 Å². The van der Waals surface area contributed by atoms with E-state index in [1.807, 2.05) is 19.1 Å². The van der Waals surface area contributed by atoms with Gasteiger partial charge in [-0.05, 0) is 89.1 Å². The van der Waals surface area contributed by atoms with E-state index in [0.717, 1.165) is 61.2 Å². The van der Waals surface area contributed by atoms with Crippen molar-refractivity contribution in [3.05, 3.63) is 54.2 Å². The summed E-state index contributed by atoms with van der Waals surface area (Å²) in [6.07, 6.45) is 6.05. The molecule has 3 aromatic rings. The summed E-state index contributed by atoms with van der Waals surface area (Å²) < 4.78 is 27.7. The zero-order valence-corrected chi connectivity index (χ0v) is 24.5. The molecule has 3 saturated heterocycles. The van der Waals surface area contributed by atoms with Crippen LogP contribution in [0.25, 0.3) is 10.9 Å². The first-order valence-electron chi connectivity index (χ1n) is 14.6. The molecule has 8 nitrogen and oxygen atoms in total. The van der Waals surface area contributed by atoms with E-state index in [1.165, 1.54) is 69.5 Å². The highest BCUT2D eigenvalue weighted by molar-refractivity contribution is 7.91. The van der Waals surface area contributed by atoms with Gasteiger partial charge in [0.2, 0.25) is 9.84 Å². The molecule has 0 unspecified atom stereocenters. The molecule has 9 heteroatoms. The summed E-state index contributed by atoms with van der Waals surface area (Å²) in [6.45, 7) is 10.7. The van der Waals surface area contributed by atoms with Gasteiger partial charge in [-0.3, -0.25) is 9.88 Å². The Balaban J connectivity index is 1.20. The standard InChI is InChI=1S/C31H41N5O3S/c1-23-3-8-29-28(21-23)31(30(22-32-29)40(38,39)27-6-4-26(37)5-7-27)36-15-11-24(12-16-36)34-13-9-25(10-14-34)35-19-17-33(2)18-20-35/h3-8,21-22,24-25,37H,9-20H2,1-2H3. The minimum atomic E-state index is -3.83. The maximum atomic E-state index is 13.9. The van der Waals surface area contributed by atoms with Crippen molar-refractivity contribution in [2.24, 2.45) is 0 Å². The largest absolute Gasteiger partial charge is 0.508 e. The van der Waals surface area contributed by atoms with Crippen LogP contribution >= 0.6 is 0 Å². The third-order valence-corrected chi connectivity index (χ3v) is 11.0. The number of rotatable bonds is 5. The van der Waals surface area contributed by atoms with Crippen LogP contribution in [0.3, 0.4) is 0 Å². The summed E-state index contributed by atoms with van der Waals surface area (Å²) in [5.74, 6) is 0.0427. The number of sulfone groups is 1. The van der Waals surface area contributed by atoms with Gasteiger partial charge in [0, 0.05) is 62.9 Å². The topological polar surface area (TPSA) is 80.2 Å². The molecule has 0 aliphatic carbocycles. The average molecular weight is 564 g/mol. The van der Waals surface area contributed by atoms with Gasteiger partial charge in [0.25, 0.3) is 0 Å². The van der Waals surface area contributed by atoms with Gasteiger partial charge < -0.3 is 19.8 Å². The monoisotopic (exact) mass is 563 g/mol. The van der Waals surface area contributed by atoms with Gasteiger partial charge in [-0.25, -0.2) is 8.42 Å².